The molecule has 1 aromatic rings. The van der Waals surface area contributed by atoms with Gasteiger partial charge in [0.2, 0.25) is 0 Å². The SMILES string of the molecule is CCNC(=NCc1ccc(C(F)(F)F)cc1)NCC1(CO)CC1.I. The summed E-state index contributed by atoms with van der Waals surface area (Å²) < 4.78 is 37.6. The molecule has 0 aliphatic heterocycles. The third-order valence-electron chi connectivity index (χ3n) is 3.97. The molecule has 8 heteroatoms. The summed E-state index contributed by atoms with van der Waals surface area (Å²) in [4.78, 5) is 4.37. The number of hydrogen-bond acceptors (Lipinski definition) is 2. The van der Waals surface area contributed by atoms with E-state index in [4.69, 9.17) is 0 Å². The summed E-state index contributed by atoms with van der Waals surface area (Å²) in [7, 11) is 0. The second-order valence-corrected chi connectivity index (χ2v) is 5.90. The lowest BCUT2D eigenvalue weighted by atomic mass is 10.1. The molecule has 0 unspecified atom stereocenters. The van der Waals surface area contributed by atoms with Gasteiger partial charge in [0, 0.05) is 18.5 Å². The second kappa shape index (κ2) is 8.89. The van der Waals surface area contributed by atoms with E-state index in [1.165, 1.54) is 12.1 Å². The Hall–Kier alpha value is -1.03. The molecule has 0 spiro atoms. The zero-order valence-corrected chi connectivity index (χ0v) is 15.8. The van der Waals surface area contributed by atoms with E-state index >= 15 is 0 Å². The number of nitrogens with one attached hydrogen (secondary N) is 2. The van der Waals surface area contributed by atoms with Gasteiger partial charge in [-0.3, -0.25) is 0 Å². The van der Waals surface area contributed by atoms with Crippen molar-refractivity contribution >= 4 is 29.9 Å². The zero-order chi connectivity index (χ0) is 16.9. The van der Waals surface area contributed by atoms with Crippen LogP contribution < -0.4 is 10.6 Å². The van der Waals surface area contributed by atoms with Crippen LogP contribution in [-0.2, 0) is 12.7 Å². The number of alkyl halides is 3. The summed E-state index contributed by atoms with van der Waals surface area (Å²) in [6.45, 7) is 3.71. The first-order chi connectivity index (χ1) is 10.9. The van der Waals surface area contributed by atoms with E-state index < -0.39 is 11.7 Å². The Balaban J connectivity index is 0.00000288. The van der Waals surface area contributed by atoms with Crippen molar-refractivity contribution in [3.63, 3.8) is 0 Å². The van der Waals surface area contributed by atoms with Gasteiger partial charge in [0.05, 0.1) is 18.7 Å². The van der Waals surface area contributed by atoms with Gasteiger partial charge in [-0.25, -0.2) is 4.99 Å². The van der Waals surface area contributed by atoms with Gasteiger partial charge in [0.25, 0.3) is 0 Å². The minimum Gasteiger partial charge on any atom is -0.396 e. The highest BCUT2D eigenvalue weighted by atomic mass is 127. The molecular formula is C16H23F3IN3O. The normalized spacial score (nSPS) is 16.3. The fraction of sp³-hybridized carbons (Fsp3) is 0.562. The maximum atomic E-state index is 12.5. The van der Waals surface area contributed by atoms with Gasteiger partial charge < -0.3 is 15.7 Å². The average molecular weight is 457 g/mol. The number of benzene rings is 1. The fourth-order valence-electron chi connectivity index (χ4n) is 2.15. The first kappa shape index (κ1) is 21.0. The quantitative estimate of drug-likeness (QED) is 0.350. The lowest BCUT2D eigenvalue weighted by molar-refractivity contribution is -0.137. The minimum atomic E-state index is -4.32. The van der Waals surface area contributed by atoms with Crippen LogP contribution in [0.3, 0.4) is 0 Å². The van der Waals surface area contributed by atoms with Gasteiger partial charge in [-0.15, -0.1) is 24.0 Å². The number of rotatable bonds is 6. The van der Waals surface area contributed by atoms with E-state index in [-0.39, 0.29) is 36.0 Å². The van der Waals surface area contributed by atoms with Gasteiger partial charge >= 0.3 is 6.18 Å². The Kier molecular flexibility index (Phi) is 7.78. The van der Waals surface area contributed by atoms with Crippen molar-refractivity contribution in [2.75, 3.05) is 19.7 Å². The van der Waals surface area contributed by atoms with Crippen LogP contribution in [0.15, 0.2) is 29.3 Å². The number of halogens is 4. The largest absolute Gasteiger partial charge is 0.416 e. The highest BCUT2D eigenvalue weighted by Gasteiger charge is 2.41. The molecule has 0 saturated heterocycles. The lowest BCUT2D eigenvalue weighted by Gasteiger charge is -2.16. The van der Waals surface area contributed by atoms with E-state index in [0.29, 0.717) is 31.2 Å². The standard InChI is InChI=1S/C16H22F3N3O.HI/c1-2-20-14(22-10-15(11-23)7-8-15)21-9-12-3-5-13(6-4-12)16(17,18)19;/h3-6,23H,2,7-11H2,1H3,(H2,20,21,22);1H. The van der Waals surface area contributed by atoms with Crippen LogP contribution in [0.2, 0.25) is 0 Å². The molecule has 24 heavy (non-hydrogen) atoms. The van der Waals surface area contributed by atoms with Gasteiger partial charge in [0.15, 0.2) is 5.96 Å². The summed E-state index contributed by atoms with van der Waals surface area (Å²) >= 11 is 0. The zero-order valence-electron chi connectivity index (χ0n) is 13.5. The molecule has 2 rings (SSSR count). The van der Waals surface area contributed by atoms with Crippen molar-refractivity contribution in [1.82, 2.24) is 10.6 Å². The number of aliphatic imine (C=N–C) groups is 1. The Morgan fingerprint density at radius 1 is 1.21 bits per heavy atom. The number of aliphatic hydroxyl groups is 1. The Morgan fingerprint density at radius 2 is 1.83 bits per heavy atom. The predicted octanol–water partition coefficient (Wildman–Crippen LogP) is 3.15. The molecule has 1 fully saturated rings. The number of aliphatic hydroxyl groups excluding tert-OH is 1. The van der Waals surface area contributed by atoms with Crippen LogP contribution in [0.4, 0.5) is 13.2 Å². The molecule has 4 nitrogen and oxygen atoms in total. The number of guanidine groups is 1. The van der Waals surface area contributed by atoms with Crippen LogP contribution in [0, 0.1) is 5.41 Å². The summed E-state index contributed by atoms with van der Waals surface area (Å²) in [5.41, 5.74) is 0.0113. The molecule has 1 saturated carbocycles. The summed E-state index contributed by atoms with van der Waals surface area (Å²) in [5.74, 6) is 0.604. The molecule has 1 aliphatic carbocycles. The smallest absolute Gasteiger partial charge is 0.396 e. The van der Waals surface area contributed by atoms with Crippen LogP contribution in [-0.4, -0.2) is 30.8 Å². The summed E-state index contributed by atoms with van der Waals surface area (Å²) in [6, 6.07) is 5.00. The Morgan fingerprint density at radius 3 is 2.29 bits per heavy atom. The Bertz CT molecular complexity index is 542. The van der Waals surface area contributed by atoms with Crippen LogP contribution in [0.25, 0.3) is 0 Å². The van der Waals surface area contributed by atoms with Crippen molar-refractivity contribution < 1.29 is 18.3 Å². The maximum Gasteiger partial charge on any atom is 0.416 e. The number of hydrogen-bond donors (Lipinski definition) is 3. The molecule has 136 valence electrons. The van der Waals surface area contributed by atoms with E-state index in [2.05, 4.69) is 15.6 Å². The molecular weight excluding hydrogens is 434 g/mol. The predicted molar refractivity (Wildman–Crippen MR) is 98.4 cm³/mol. The summed E-state index contributed by atoms with van der Waals surface area (Å²) in [6.07, 6.45) is -2.33. The second-order valence-electron chi connectivity index (χ2n) is 5.90. The third-order valence-corrected chi connectivity index (χ3v) is 3.97. The van der Waals surface area contributed by atoms with Crippen LogP contribution in [0.5, 0.6) is 0 Å². The highest BCUT2D eigenvalue weighted by Crippen LogP contribution is 2.44. The van der Waals surface area contributed by atoms with E-state index in [9.17, 15) is 18.3 Å². The molecule has 0 aromatic heterocycles. The van der Waals surface area contributed by atoms with Crippen molar-refractivity contribution in [2.24, 2.45) is 10.4 Å². The molecule has 0 atom stereocenters. The van der Waals surface area contributed by atoms with Crippen molar-refractivity contribution in [1.29, 1.82) is 0 Å². The molecule has 0 amide bonds. The summed E-state index contributed by atoms with van der Waals surface area (Å²) in [5, 5.41) is 15.6. The minimum absolute atomic E-state index is 0. The van der Waals surface area contributed by atoms with Gasteiger partial charge in [-0.2, -0.15) is 13.2 Å². The van der Waals surface area contributed by atoms with Crippen LogP contribution in [0.1, 0.15) is 30.9 Å². The number of nitrogens with zero attached hydrogens (tertiary/aromatic N) is 1. The molecule has 3 N–H and O–H groups in total. The highest BCUT2D eigenvalue weighted by molar-refractivity contribution is 14.0. The maximum absolute atomic E-state index is 12.5. The molecule has 1 aromatic carbocycles. The van der Waals surface area contributed by atoms with Crippen molar-refractivity contribution in [3.05, 3.63) is 35.4 Å². The lowest BCUT2D eigenvalue weighted by Crippen LogP contribution is -2.41. The first-order valence-electron chi connectivity index (χ1n) is 7.68. The van der Waals surface area contributed by atoms with E-state index in [1.54, 1.807) is 0 Å². The van der Waals surface area contributed by atoms with Gasteiger partial charge in [-0.05, 0) is 37.5 Å². The van der Waals surface area contributed by atoms with Crippen molar-refractivity contribution in [3.8, 4) is 0 Å². The van der Waals surface area contributed by atoms with Crippen molar-refractivity contribution in [2.45, 2.75) is 32.5 Å². The van der Waals surface area contributed by atoms with Gasteiger partial charge in [-0.1, -0.05) is 12.1 Å². The topological polar surface area (TPSA) is 56.7 Å². The molecule has 1 aliphatic rings. The van der Waals surface area contributed by atoms with E-state index in [1.807, 2.05) is 6.92 Å². The Labute approximate surface area is 157 Å². The monoisotopic (exact) mass is 457 g/mol. The third kappa shape index (κ3) is 6.12. The molecule has 0 bridgehead atoms. The van der Waals surface area contributed by atoms with E-state index in [0.717, 1.165) is 25.0 Å². The fourth-order valence-corrected chi connectivity index (χ4v) is 2.15. The average Bonchev–Trinajstić information content (AvgIpc) is 3.30. The molecule has 0 radical (unpaired) electrons. The first-order valence-corrected chi connectivity index (χ1v) is 7.68. The van der Waals surface area contributed by atoms with Crippen LogP contribution >= 0.6 is 24.0 Å². The van der Waals surface area contributed by atoms with Gasteiger partial charge in [0.1, 0.15) is 0 Å². The molecule has 0 heterocycles.